The van der Waals surface area contributed by atoms with Crippen molar-refractivity contribution >= 4 is 29.1 Å². The van der Waals surface area contributed by atoms with Crippen LogP contribution in [-0.2, 0) is 7.05 Å². The van der Waals surface area contributed by atoms with E-state index in [-0.39, 0.29) is 12.0 Å². The Kier molecular flexibility index (Phi) is 3.90. The van der Waals surface area contributed by atoms with Crippen LogP contribution in [0, 0.1) is 5.92 Å². The summed E-state index contributed by atoms with van der Waals surface area (Å²) in [6.45, 7) is 0.649. The van der Waals surface area contributed by atoms with E-state index in [2.05, 4.69) is 0 Å². The van der Waals surface area contributed by atoms with Gasteiger partial charge in [0.15, 0.2) is 0 Å². The van der Waals surface area contributed by atoms with Crippen molar-refractivity contribution in [2.24, 2.45) is 13.0 Å². The summed E-state index contributed by atoms with van der Waals surface area (Å²) >= 11 is 11.8. The molecule has 0 atom stereocenters. The minimum absolute atomic E-state index is 0.104. The third-order valence-electron chi connectivity index (χ3n) is 3.43. The van der Waals surface area contributed by atoms with Crippen molar-refractivity contribution in [2.75, 3.05) is 13.6 Å². The number of hydrogen-bond donors (Lipinski definition) is 1. The van der Waals surface area contributed by atoms with Gasteiger partial charge in [-0.1, -0.05) is 23.2 Å². The summed E-state index contributed by atoms with van der Waals surface area (Å²) in [6.07, 6.45) is 1.34. The minimum Gasteiger partial charge on any atom is -0.393 e. The van der Waals surface area contributed by atoms with Crippen molar-refractivity contribution < 1.29 is 9.90 Å². The molecule has 1 aliphatic carbocycles. The van der Waals surface area contributed by atoms with Crippen LogP contribution in [-0.4, -0.2) is 40.2 Å². The van der Waals surface area contributed by atoms with Crippen LogP contribution in [0.25, 0.3) is 0 Å². The van der Waals surface area contributed by atoms with E-state index in [4.69, 9.17) is 23.2 Å². The molecule has 1 N–H and O–H groups in total. The summed E-state index contributed by atoms with van der Waals surface area (Å²) in [5.41, 5.74) is 0.479. The molecule has 0 unspecified atom stereocenters. The highest BCUT2D eigenvalue weighted by molar-refractivity contribution is 6.41. The summed E-state index contributed by atoms with van der Waals surface area (Å²) in [6, 6.07) is 1.58. The molecule has 0 radical (unpaired) electrons. The molecule has 1 aliphatic rings. The van der Waals surface area contributed by atoms with Gasteiger partial charge < -0.3 is 14.6 Å². The minimum atomic E-state index is -0.197. The number of hydrogen-bond acceptors (Lipinski definition) is 2. The largest absolute Gasteiger partial charge is 0.393 e. The van der Waals surface area contributed by atoms with Gasteiger partial charge in [0, 0.05) is 20.6 Å². The number of carbonyl (C=O) groups is 1. The van der Waals surface area contributed by atoms with Crippen LogP contribution in [0.1, 0.15) is 23.3 Å². The quantitative estimate of drug-likeness (QED) is 0.927. The van der Waals surface area contributed by atoms with E-state index in [9.17, 15) is 9.90 Å². The van der Waals surface area contributed by atoms with Crippen molar-refractivity contribution in [2.45, 2.75) is 18.9 Å². The van der Waals surface area contributed by atoms with E-state index in [1.165, 1.54) is 0 Å². The van der Waals surface area contributed by atoms with E-state index in [0.717, 1.165) is 12.8 Å². The number of aliphatic hydroxyl groups excluding tert-OH is 1. The van der Waals surface area contributed by atoms with Crippen molar-refractivity contribution in [3.63, 3.8) is 0 Å². The summed E-state index contributed by atoms with van der Waals surface area (Å²) < 4.78 is 1.58. The Morgan fingerprint density at radius 2 is 2.17 bits per heavy atom. The standard InChI is InChI=1S/C12H16Cl2N2O2/c1-15(6-7-3-8(17)4-7)12(18)10-5-9(13)11(14)16(10)2/h5,7-8,17H,3-4,6H2,1-2H3. The predicted molar refractivity (Wildman–Crippen MR) is 71.1 cm³/mol. The second-order valence-corrected chi connectivity index (χ2v) is 5.67. The third kappa shape index (κ3) is 2.51. The zero-order valence-electron chi connectivity index (χ0n) is 10.4. The Balaban J connectivity index is 2.03. The Morgan fingerprint density at radius 1 is 1.56 bits per heavy atom. The number of halogens is 2. The average molecular weight is 291 g/mol. The lowest BCUT2D eigenvalue weighted by Crippen LogP contribution is -2.40. The molecule has 18 heavy (non-hydrogen) atoms. The lowest BCUT2D eigenvalue weighted by atomic mass is 9.82. The van der Waals surface area contributed by atoms with Gasteiger partial charge in [-0.3, -0.25) is 4.79 Å². The Hall–Kier alpha value is -0.710. The number of rotatable bonds is 3. The third-order valence-corrected chi connectivity index (χ3v) is 4.27. The Morgan fingerprint density at radius 3 is 2.61 bits per heavy atom. The van der Waals surface area contributed by atoms with Gasteiger partial charge >= 0.3 is 0 Å². The molecule has 0 aromatic carbocycles. The van der Waals surface area contributed by atoms with E-state index < -0.39 is 0 Å². The van der Waals surface area contributed by atoms with E-state index >= 15 is 0 Å². The van der Waals surface area contributed by atoms with Gasteiger partial charge in [-0.25, -0.2) is 0 Å². The van der Waals surface area contributed by atoms with Crippen LogP contribution in [0.15, 0.2) is 6.07 Å². The lowest BCUT2D eigenvalue weighted by Gasteiger charge is -2.34. The number of amides is 1. The molecule has 0 aliphatic heterocycles. The lowest BCUT2D eigenvalue weighted by molar-refractivity contribution is 0.0263. The number of aliphatic hydroxyl groups is 1. The molecule has 1 fully saturated rings. The molecule has 4 nitrogen and oxygen atoms in total. The van der Waals surface area contributed by atoms with Gasteiger partial charge in [-0.15, -0.1) is 0 Å². The maximum absolute atomic E-state index is 12.2. The molecular formula is C12H16Cl2N2O2. The first kappa shape index (κ1) is 13.7. The molecule has 1 saturated carbocycles. The second-order valence-electron chi connectivity index (χ2n) is 4.90. The topological polar surface area (TPSA) is 45.5 Å². The van der Waals surface area contributed by atoms with Crippen molar-refractivity contribution in [3.8, 4) is 0 Å². The van der Waals surface area contributed by atoms with Crippen LogP contribution in [0.5, 0.6) is 0 Å². The molecule has 6 heteroatoms. The van der Waals surface area contributed by atoms with Crippen molar-refractivity contribution in [3.05, 3.63) is 21.9 Å². The Labute approximate surface area is 116 Å². The fourth-order valence-corrected chi connectivity index (χ4v) is 2.64. The van der Waals surface area contributed by atoms with E-state index in [1.807, 2.05) is 0 Å². The normalized spacial score (nSPS) is 22.7. The summed E-state index contributed by atoms with van der Waals surface area (Å²) in [5, 5.41) is 9.98. The van der Waals surface area contributed by atoms with Gasteiger partial charge in [-0.05, 0) is 24.8 Å². The van der Waals surface area contributed by atoms with Gasteiger partial charge in [-0.2, -0.15) is 0 Å². The monoisotopic (exact) mass is 290 g/mol. The van der Waals surface area contributed by atoms with Crippen LogP contribution < -0.4 is 0 Å². The zero-order chi connectivity index (χ0) is 13.4. The molecule has 2 rings (SSSR count). The van der Waals surface area contributed by atoms with Crippen LogP contribution in [0.3, 0.4) is 0 Å². The maximum Gasteiger partial charge on any atom is 0.270 e. The highest BCUT2D eigenvalue weighted by atomic mass is 35.5. The molecule has 1 aromatic heterocycles. The number of nitrogens with zero attached hydrogens (tertiary/aromatic N) is 2. The fraction of sp³-hybridized carbons (Fsp3) is 0.583. The number of aromatic nitrogens is 1. The van der Waals surface area contributed by atoms with Gasteiger partial charge in [0.2, 0.25) is 0 Å². The molecule has 1 aromatic rings. The van der Waals surface area contributed by atoms with Gasteiger partial charge in [0.05, 0.1) is 11.1 Å². The predicted octanol–water partition coefficient (Wildman–Crippen LogP) is 2.17. The van der Waals surface area contributed by atoms with Crippen molar-refractivity contribution in [1.82, 2.24) is 9.47 Å². The number of carbonyl (C=O) groups excluding carboxylic acids is 1. The molecule has 0 spiro atoms. The highest BCUT2D eigenvalue weighted by Crippen LogP contribution is 2.29. The smallest absolute Gasteiger partial charge is 0.270 e. The summed E-state index contributed by atoms with van der Waals surface area (Å²) in [7, 11) is 3.46. The van der Waals surface area contributed by atoms with Crippen molar-refractivity contribution in [1.29, 1.82) is 0 Å². The SMILES string of the molecule is CN(CC1CC(O)C1)C(=O)c1cc(Cl)c(Cl)n1C. The summed E-state index contributed by atoms with van der Waals surface area (Å²) in [5.74, 6) is 0.285. The first-order chi connectivity index (χ1) is 8.40. The van der Waals surface area contributed by atoms with Crippen LogP contribution >= 0.6 is 23.2 Å². The van der Waals surface area contributed by atoms with E-state index in [0.29, 0.717) is 28.3 Å². The Bertz CT molecular complexity index is 467. The van der Waals surface area contributed by atoms with Crippen LogP contribution in [0.2, 0.25) is 10.2 Å². The molecule has 100 valence electrons. The van der Waals surface area contributed by atoms with Gasteiger partial charge in [0.25, 0.3) is 5.91 Å². The zero-order valence-corrected chi connectivity index (χ0v) is 11.9. The molecule has 0 saturated heterocycles. The van der Waals surface area contributed by atoms with Gasteiger partial charge in [0.1, 0.15) is 10.8 Å². The van der Waals surface area contributed by atoms with Crippen LogP contribution in [0.4, 0.5) is 0 Å². The first-order valence-electron chi connectivity index (χ1n) is 5.84. The highest BCUT2D eigenvalue weighted by Gasteiger charge is 2.30. The first-order valence-corrected chi connectivity index (χ1v) is 6.60. The molecule has 0 bridgehead atoms. The second kappa shape index (κ2) is 5.11. The van der Waals surface area contributed by atoms with E-state index in [1.54, 1.807) is 29.6 Å². The maximum atomic E-state index is 12.2. The molecular weight excluding hydrogens is 275 g/mol. The average Bonchev–Trinajstić information content (AvgIpc) is 2.54. The fourth-order valence-electron chi connectivity index (χ4n) is 2.26. The molecule has 1 amide bonds. The molecule has 1 heterocycles. The summed E-state index contributed by atoms with van der Waals surface area (Å²) in [4.78, 5) is 13.9.